The number of aromatic hydroxyl groups is 1. The van der Waals surface area contributed by atoms with Crippen molar-refractivity contribution in [1.29, 1.82) is 0 Å². The number of hydrogen-bond acceptors (Lipinski definition) is 6. The highest BCUT2D eigenvalue weighted by Crippen LogP contribution is 2.39. The van der Waals surface area contributed by atoms with Gasteiger partial charge in [0.1, 0.15) is 16.0 Å². The first-order valence-electron chi connectivity index (χ1n) is 10.3. The molecule has 5 aromatic rings. The van der Waals surface area contributed by atoms with E-state index in [2.05, 4.69) is 15.9 Å². The maximum Gasteiger partial charge on any atom is 0.354 e. The van der Waals surface area contributed by atoms with Crippen molar-refractivity contribution in [2.75, 3.05) is 7.11 Å². The fourth-order valence-corrected chi connectivity index (χ4v) is 5.31. The molecule has 0 aliphatic rings. The minimum atomic E-state index is -0.710. The van der Waals surface area contributed by atoms with Gasteiger partial charge >= 0.3 is 5.63 Å². The van der Waals surface area contributed by atoms with Gasteiger partial charge in [0.25, 0.3) is 5.56 Å². The van der Waals surface area contributed by atoms with E-state index in [-0.39, 0.29) is 22.4 Å². The summed E-state index contributed by atoms with van der Waals surface area (Å²) in [4.78, 5) is 27.3. The molecule has 0 fully saturated rings. The van der Waals surface area contributed by atoms with Crippen LogP contribution in [0.3, 0.4) is 0 Å². The number of hydrogen-bond donors (Lipinski definition) is 1. The molecule has 0 radical (unpaired) electrons. The number of rotatable bonds is 5. The number of nitrogens with zero attached hydrogens (tertiary/aromatic N) is 1. The lowest BCUT2D eigenvalue weighted by molar-refractivity contribution is 0.408. The summed E-state index contributed by atoms with van der Waals surface area (Å²) < 4.78 is 13.4. The maximum atomic E-state index is 13.7. The first-order chi connectivity index (χ1) is 16.5. The van der Waals surface area contributed by atoms with Crippen LogP contribution in [0.1, 0.15) is 5.56 Å². The molecule has 1 N–H and O–H groups in total. The van der Waals surface area contributed by atoms with Gasteiger partial charge in [0.05, 0.1) is 19.2 Å². The topological polar surface area (TPSA) is 81.7 Å². The fourth-order valence-electron chi connectivity index (χ4n) is 3.93. The van der Waals surface area contributed by atoms with Crippen LogP contribution in [0, 0.1) is 0 Å². The number of fused-ring (bicyclic) bond motifs is 3. The van der Waals surface area contributed by atoms with Crippen molar-refractivity contribution in [3.63, 3.8) is 0 Å². The molecule has 2 heterocycles. The van der Waals surface area contributed by atoms with Crippen LogP contribution in [0.5, 0.6) is 11.5 Å². The number of halogens is 1. The summed E-state index contributed by atoms with van der Waals surface area (Å²) >= 11 is 4.49. The quantitative estimate of drug-likeness (QED) is 0.287. The SMILES string of the molecule is COc1ccccc1Cn1c(=O)c2c(O)c(Sc3ccccc3Br)c(=O)oc2c2ccccc21. The molecule has 5 rings (SSSR count). The van der Waals surface area contributed by atoms with Crippen molar-refractivity contribution >= 4 is 49.6 Å². The Morgan fingerprint density at radius 1 is 1.00 bits per heavy atom. The molecule has 0 aliphatic heterocycles. The molecule has 0 bridgehead atoms. The van der Waals surface area contributed by atoms with Crippen LogP contribution >= 0.6 is 27.7 Å². The van der Waals surface area contributed by atoms with Gasteiger partial charge < -0.3 is 18.8 Å². The van der Waals surface area contributed by atoms with Gasteiger partial charge in [0, 0.05) is 20.3 Å². The molecule has 34 heavy (non-hydrogen) atoms. The Morgan fingerprint density at radius 3 is 2.50 bits per heavy atom. The van der Waals surface area contributed by atoms with Crippen molar-refractivity contribution < 1.29 is 14.3 Å². The molecule has 0 atom stereocenters. The van der Waals surface area contributed by atoms with E-state index in [9.17, 15) is 14.7 Å². The third-order valence-electron chi connectivity index (χ3n) is 5.53. The molecule has 0 unspecified atom stereocenters. The summed E-state index contributed by atoms with van der Waals surface area (Å²) in [5.41, 5.74) is 0.277. The highest BCUT2D eigenvalue weighted by Gasteiger charge is 2.23. The molecule has 170 valence electrons. The predicted octanol–water partition coefficient (Wildman–Crippen LogP) is 5.78. The smallest absolute Gasteiger partial charge is 0.354 e. The van der Waals surface area contributed by atoms with Crippen LogP contribution in [0.25, 0.3) is 21.9 Å². The second-order valence-corrected chi connectivity index (χ2v) is 9.43. The van der Waals surface area contributed by atoms with E-state index >= 15 is 0 Å². The van der Waals surface area contributed by atoms with Crippen LogP contribution in [-0.2, 0) is 6.54 Å². The van der Waals surface area contributed by atoms with Crippen LogP contribution in [-0.4, -0.2) is 16.8 Å². The van der Waals surface area contributed by atoms with Crippen molar-refractivity contribution in [1.82, 2.24) is 4.57 Å². The lowest BCUT2D eigenvalue weighted by atomic mass is 10.1. The van der Waals surface area contributed by atoms with E-state index in [1.807, 2.05) is 42.5 Å². The fraction of sp³-hybridized carbons (Fsp3) is 0.0769. The Labute approximate surface area is 206 Å². The third-order valence-corrected chi connectivity index (χ3v) is 7.62. The van der Waals surface area contributed by atoms with E-state index < -0.39 is 16.9 Å². The predicted molar refractivity (Wildman–Crippen MR) is 136 cm³/mol. The highest BCUT2D eigenvalue weighted by molar-refractivity contribution is 9.10. The molecular weight excluding hydrogens is 518 g/mol. The highest BCUT2D eigenvalue weighted by atomic mass is 79.9. The monoisotopic (exact) mass is 535 g/mol. The van der Waals surface area contributed by atoms with Gasteiger partial charge in [0.15, 0.2) is 11.3 Å². The Hall–Kier alpha value is -3.49. The molecule has 0 spiro atoms. The van der Waals surface area contributed by atoms with Gasteiger partial charge in [-0.2, -0.15) is 0 Å². The van der Waals surface area contributed by atoms with Gasteiger partial charge in [0.2, 0.25) is 0 Å². The number of aromatic nitrogens is 1. The summed E-state index contributed by atoms with van der Waals surface area (Å²) in [6.07, 6.45) is 0. The van der Waals surface area contributed by atoms with Gasteiger partial charge in [-0.1, -0.05) is 54.2 Å². The Morgan fingerprint density at radius 2 is 1.71 bits per heavy atom. The van der Waals surface area contributed by atoms with Crippen molar-refractivity contribution in [2.45, 2.75) is 16.3 Å². The molecule has 0 aliphatic carbocycles. The molecule has 0 saturated heterocycles. The van der Waals surface area contributed by atoms with Crippen molar-refractivity contribution in [3.8, 4) is 11.5 Å². The Kier molecular flexibility index (Phi) is 5.93. The third kappa shape index (κ3) is 3.78. The number of ether oxygens (including phenoxy) is 1. The van der Waals surface area contributed by atoms with E-state index in [1.54, 1.807) is 42.0 Å². The number of benzene rings is 3. The van der Waals surface area contributed by atoms with Crippen LogP contribution in [0.4, 0.5) is 0 Å². The standard InChI is InChI=1S/C26H18BrNO5S/c1-32-19-12-6-2-8-15(19)14-28-18-11-5-3-9-16(18)23-21(25(28)30)22(29)24(26(31)33-23)34-20-13-7-4-10-17(20)27/h2-13,29H,14H2,1H3. The molecular formula is C26H18BrNO5S. The van der Waals surface area contributed by atoms with Gasteiger partial charge in [-0.05, 0) is 46.3 Å². The van der Waals surface area contributed by atoms with Gasteiger partial charge in [-0.15, -0.1) is 0 Å². The second kappa shape index (κ2) is 9.04. The zero-order valence-corrected chi connectivity index (χ0v) is 20.4. The van der Waals surface area contributed by atoms with E-state index in [0.717, 1.165) is 21.8 Å². The van der Waals surface area contributed by atoms with E-state index in [0.29, 0.717) is 21.5 Å². The maximum absolute atomic E-state index is 13.7. The van der Waals surface area contributed by atoms with E-state index in [1.165, 1.54) is 0 Å². The van der Waals surface area contributed by atoms with E-state index in [4.69, 9.17) is 9.15 Å². The lowest BCUT2D eigenvalue weighted by Crippen LogP contribution is -2.23. The first-order valence-corrected chi connectivity index (χ1v) is 12.0. The molecule has 2 aromatic heterocycles. The zero-order chi connectivity index (χ0) is 23.8. The van der Waals surface area contributed by atoms with Gasteiger partial charge in [-0.3, -0.25) is 4.79 Å². The summed E-state index contributed by atoms with van der Waals surface area (Å²) in [6, 6.07) is 21.9. The average Bonchev–Trinajstić information content (AvgIpc) is 2.85. The normalized spacial score (nSPS) is 11.2. The van der Waals surface area contributed by atoms with Crippen molar-refractivity contribution in [3.05, 3.63) is 104 Å². The Balaban J connectivity index is 1.79. The zero-order valence-electron chi connectivity index (χ0n) is 17.9. The largest absolute Gasteiger partial charge is 0.505 e. The van der Waals surface area contributed by atoms with Crippen molar-refractivity contribution in [2.24, 2.45) is 0 Å². The van der Waals surface area contributed by atoms with Crippen LogP contribution in [0.15, 0.2) is 101 Å². The number of para-hydroxylation sites is 2. The summed E-state index contributed by atoms with van der Waals surface area (Å²) in [5, 5.41) is 11.7. The average molecular weight is 536 g/mol. The molecule has 8 heteroatoms. The first kappa shape index (κ1) is 22.3. The summed E-state index contributed by atoms with van der Waals surface area (Å²) in [6.45, 7) is 0.213. The summed E-state index contributed by atoms with van der Waals surface area (Å²) in [5.74, 6) is 0.254. The summed E-state index contributed by atoms with van der Waals surface area (Å²) in [7, 11) is 1.58. The van der Waals surface area contributed by atoms with Crippen LogP contribution < -0.4 is 15.9 Å². The molecule has 0 saturated carbocycles. The minimum absolute atomic E-state index is 0.0391. The molecule has 6 nitrogen and oxygen atoms in total. The second-order valence-electron chi connectivity index (χ2n) is 7.52. The molecule has 3 aromatic carbocycles. The Bertz CT molecular complexity index is 1670. The number of pyridine rings is 1. The number of methoxy groups -OCH3 is 1. The van der Waals surface area contributed by atoms with Gasteiger partial charge in [-0.25, -0.2) is 4.79 Å². The van der Waals surface area contributed by atoms with Crippen LogP contribution in [0.2, 0.25) is 0 Å². The minimum Gasteiger partial charge on any atom is -0.505 e. The molecule has 0 amide bonds. The lowest BCUT2D eigenvalue weighted by Gasteiger charge is -2.15.